The fourth-order valence-electron chi connectivity index (χ4n) is 5.17. The van der Waals surface area contributed by atoms with Crippen LogP contribution in [0.5, 0.6) is 28.7 Å². The van der Waals surface area contributed by atoms with Gasteiger partial charge in [0.15, 0.2) is 28.8 Å². The van der Waals surface area contributed by atoms with Gasteiger partial charge in [-0.1, -0.05) is 0 Å². The van der Waals surface area contributed by atoms with E-state index in [1.54, 1.807) is 0 Å². The van der Waals surface area contributed by atoms with Gasteiger partial charge in [-0.15, -0.1) is 0 Å². The molecule has 0 saturated heterocycles. The fourth-order valence-corrected chi connectivity index (χ4v) is 5.17. The molecule has 14 heteroatoms. The number of carbonyl (C=O) groups is 4. The first kappa shape index (κ1) is 29.4. The molecule has 0 atom stereocenters. The van der Waals surface area contributed by atoms with Crippen LogP contribution in [0.4, 0.5) is 0 Å². The third-order valence-corrected chi connectivity index (χ3v) is 7.26. The average Bonchev–Trinajstić information content (AvgIpc) is 2.98. The Bertz CT molecular complexity index is 2100. The normalized spacial score (nSPS) is 13.8. The van der Waals surface area contributed by atoms with E-state index < -0.39 is 91.9 Å². The molecule has 0 unspecified atom stereocenters. The van der Waals surface area contributed by atoms with Gasteiger partial charge in [-0.25, -0.2) is 9.59 Å². The molecule has 0 radical (unpaired) electrons. The molecule has 4 aromatic rings. The van der Waals surface area contributed by atoms with E-state index in [2.05, 4.69) is 9.47 Å². The van der Waals surface area contributed by atoms with E-state index in [0.717, 1.165) is 39.3 Å². The predicted octanol–water partition coefficient (Wildman–Crippen LogP) is 3.40. The number of phenols is 4. The molecule has 1 aliphatic heterocycles. The summed E-state index contributed by atoms with van der Waals surface area (Å²) in [6.45, 7) is 1.95. The second-order valence-corrected chi connectivity index (χ2v) is 9.70. The van der Waals surface area contributed by atoms with Crippen molar-refractivity contribution in [1.82, 2.24) is 0 Å². The topological polar surface area (TPSA) is 227 Å². The first-order valence-corrected chi connectivity index (χ1v) is 12.6. The Balaban J connectivity index is 1.86. The summed E-state index contributed by atoms with van der Waals surface area (Å²) in [6, 6.07) is 2.88. The number of Topliss-reactive ketones (excluding diaryl/α,β-unsaturated/α-hetero) is 2. The first-order chi connectivity index (χ1) is 20.7. The number of hydrogen-bond donors (Lipinski definition) is 5. The number of aliphatic hydroxyl groups excluding tert-OH is 1. The number of hydrogen-bond acceptors (Lipinski definition) is 14. The number of phenolic OH excluding ortho intramolecular Hbond substituents is 4. The summed E-state index contributed by atoms with van der Waals surface area (Å²) >= 11 is 0. The number of methoxy groups -OCH3 is 2. The van der Waals surface area contributed by atoms with E-state index in [-0.39, 0.29) is 39.0 Å². The van der Waals surface area contributed by atoms with Crippen molar-refractivity contribution in [2.45, 2.75) is 13.8 Å². The summed E-state index contributed by atoms with van der Waals surface area (Å²) in [5.41, 5.74) is -4.35. The molecule has 0 saturated carbocycles. The monoisotopic (exact) mass is 606 g/mol. The largest absolute Gasteiger partial charge is 0.507 e. The van der Waals surface area contributed by atoms with Crippen LogP contribution >= 0.6 is 0 Å². The summed E-state index contributed by atoms with van der Waals surface area (Å²) in [5.74, 6) is -8.55. The first-order valence-electron chi connectivity index (χ1n) is 12.6. The summed E-state index contributed by atoms with van der Waals surface area (Å²) in [5, 5.41) is 51.5. The minimum absolute atomic E-state index is 0.0500. The maximum absolute atomic E-state index is 13.8. The summed E-state index contributed by atoms with van der Waals surface area (Å²) in [6.07, 6.45) is 0. The van der Waals surface area contributed by atoms with Crippen LogP contribution < -0.4 is 10.2 Å². The minimum atomic E-state index is -1.19. The second-order valence-electron chi connectivity index (χ2n) is 9.70. The number of aromatic hydroxyl groups is 4. The Morgan fingerprint density at radius 2 is 1.45 bits per heavy atom. The van der Waals surface area contributed by atoms with E-state index in [9.17, 15) is 49.5 Å². The van der Waals surface area contributed by atoms with Crippen LogP contribution in [-0.4, -0.2) is 69.9 Å². The number of benzene rings is 3. The number of esters is 2. The van der Waals surface area contributed by atoms with Gasteiger partial charge in [0.2, 0.25) is 11.2 Å². The van der Waals surface area contributed by atoms with Gasteiger partial charge in [0, 0.05) is 17.7 Å². The molecular formula is C30H22O14. The van der Waals surface area contributed by atoms with Crippen LogP contribution in [-0.2, 0) is 9.47 Å². The van der Waals surface area contributed by atoms with Crippen molar-refractivity contribution < 1.29 is 63.3 Å². The quantitative estimate of drug-likeness (QED) is 0.0560. The highest BCUT2D eigenvalue weighted by atomic mass is 16.5. The smallest absolute Gasteiger partial charge is 0.342 e. The molecule has 5 N–H and O–H groups in total. The van der Waals surface area contributed by atoms with Crippen LogP contribution in [0.2, 0.25) is 0 Å². The minimum Gasteiger partial charge on any atom is -0.507 e. The zero-order valence-electron chi connectivity index (χ0n) is 23.3. The van der Waals surface area contributed by atoms with Gasteiger partial charge in [0.05, 0.1) is 41.7 Å². The summed E-state index contributed by atoms with van der Waals surface area (Å²) in [4.78, 5) is 65.2. The lowest BCUT2D eigenvalue weighted by molar-refractivity contribution is 0.0586. The van der Waals surface area contributed by atoms with Gasteiger partial charge in [0.25, 0.3) is 0 Å². The summed E-state index contributed by atoms with van der Waals surface area (Å²) in [7, 11) is 1.96. The molecule has 226 valence electrons. The van der Waals surface area contributed by atoms with Crippen LogP contribution in [0.1, 0.15) is 59.5 Å². The van der Waals surface area contributed by atoms with E-state index in [1.807, 2.05) is 0 Å². The number of fused-ring (bicyclic) bond motifs is 3. The number of carbonyl (C=O) groups excluding carboxylic acids is 4. The van der Waals surface area contributed by atoms with E-state index in [1.165, 1.54) is 6.92 Å². The SMILES string of the molecule is COC(=O)c1c(O)c(O)cc2c1C(=O)/C(=C(\O)c1cc3c(=O)c4c(C(=O)OC)c(O)c(O)cc4oc3c(C(C)=O)c1C)CO2. The molecule has 0 fully saturated rings. The lowest BCUT2D eigenvalue weighted by atomic mass is 9.89. The Hall–Kier alpha value is -6.05. The maximum Gasteiger partial charge on any atom is 0.342 e. The van der Waals surface area contributed by atoms with Crippen molar-refractivity contribution in [1.29, 1.82) is 0 Å². The molecule has 5 rings (SSSR count). The van der Waals surface area contributed by atoms with Gasteiger partial charge in [-0.05, 0) is 25.5 Å². The van der Waals surface area contributed by atoms with Crippen molar-refractivity contribution in [2.75, 3.05) is 20.8 Å². The van der Waals surface area contributed by atoms with Gasteiger partial charge in [-0.3, -0.25) is 14.4 Å². The average molecular weight is 606 g/mol. The van der Waals surface area contributed by atoms with E-state index >= 15 is 0 Å². The van der Waals surface area contributed by atoms with Crippen LogP contribution in [0, 0.1) is 6.92 Å². The molecule has 1 aromatic heterocycles. The molecular weight excluding hydrogens is 584 g/mol. The molecule has 2 heterocycles. The van der Waals surface area contributed by atoms with E-state index in [4.69, 9.17) is 9.15 Å². The zero-order valence-corrected chi connectivity index (χ0v) is 23.3. The van der Waals surface area contributed by atoms with Crippen molar-refractivity contribution in [2.24, 2.45) is 0 Å². The summed E-state index contributed by atoms with van der Waals surface area (Å²) < 4.78 is 20.6. The molecule has 14 nitrogen and oxygen atoms in total. The molecule has 0 aliphatic carbocycles. The van der Waals surface area contributed by atoms with Gasteiger partial charge >= 0.3 is 11.9 Å². The van der Waals surface area contributed by atoms with Crippen LogP contribution in [0.25, 0.3) is 27.7 Å². The van der Waals surface area contributed by atoms with Gasteiger partial charge in [-0.2, -0.15) is 0 Å². The maximum atomic E-state index is 13.8. The van der Waals surface area contributed by atoms with Gasteiger partial charge < -0.3 is 44.2 Å². The van der Waals surface area contributed by atoms with Crippen molar-refractivity contribution in [3.8, 4) is 28.7 Å². The zero-order chi connectivity index (χ0) is 32.4. The van der Waals surface area contributed by atoms with Crippen LogP contribution in [0.3, 0.4) is 0 Å². The highest BCUT2D eigenvalue weighted by Crippen LogP contribution is 2.43. The second kappa shape index (κ2) is 10.3. The Morgan fingerprint density at radius 1 is 0.864 bits per heavy atom. The van der Waals surface area contributed by atoms with Gasteiger partial charge in [0.1, 0.15) is 40.4 Å². The number of rotatable bonds is 4. The molecule has 1 aliphatic rings. The van der Waals surface area contributed by atoms with Crippen molar-refractivity contribution in [3.63, 3.8) is 0 Å². The molecule has 0 amide bonds. The van der Waals surface area contributed by atoms with Crippen LogP contribution in [0.15, 0.2) is 33.0 Å². The Labute approximate surface area is 245 Å². The fraction of sp³-hybridized carbons (Fsp3) is 0.167. The molecule has 44 heavy (non-hydrogen) atoms. The Kier molecular flexibility index (Phi) is 6.92. The predicted molar refractivity (Wildman–Crippen MR) is 150 cm³/mol. The molecule has 0 spiro atoms. The lowest BCUT2D eigenvalue weighted by Crippen LogP contribution is -2.24. The third kappa shape index (κ3) is 4.14. The molecule has 3 aromatic carbocycles. The van der Waals surface area contributed by atoms with E-state index in [0.29, 0.717) is 0 Å². The third-order valence-electron chi connectivity index (χ3n) is 7.26. The number of aliphatic hydroxyl groups is 1. The highest BCUT2D eigenvalue weighted by Gasteiger charge is 2.36. The van der Waals surface area contributed by atoms with Crippen molar-refractivity contribution in [3.05, 3.63) is 67.4 Å². The van der Waals surface area contributed by atoms with Crippen molar-refractivity contribution >= 4 is 51.2 Å². The highest BCUT2D eigenvalue weighted by molar-refractivity contribution is 6.21. The lowest BCUT2D eigenvalue weighted by Gasteiger charge is -2.23. The standard InChI is InChI=1S/C30H22O14/c1-9-11(23(34)13-8-43-16-6-14(32)26(37)21(29(39)41-3)19(16)25(13)36)5-12-24(35)20-17(44-28(12)18(9)10(2)31)7-15(33)27(38)22(20)30(40)42-4/h5-7,32-34,37-38H,8H2,1-4H3/b23-13-. The molecule has 0 bridgehead atoms. The number of ether oxygens (including phenoxy) is 3. The Morgan fingerprint density at radius 3 is 2.07 bits per heavy atom. The number of ketones is 2.